The summed E-state index contributed by atoms with van der Waals surface area (Å²) in [7, 11) is 1.85. The molecular formula is C23H22FIN6O. The van der Waals surface area contributed by atoms with Gasteiger partial charge in [-0.1, -0.05) is 34.7 Å². The molecule has 0 aliphatic rings. The zero-order chi connectivity index (χ0) is 22.5. The molecule has 0 fully saturated rings. The van der Waals surface area contributed by atoms with Gasteiger partial charge in [-0.25, -0.2) is 4.39 Å². The lowest BCUT2D eigenvalue weighted by molar-refractivity contribution is -0.122. The lowest BCUT2D eigenvalue weighted by atomic mass is 10.1. The van der Waals surface area contributed by atoms with Crippen molar-refractivity contribution in [3.8, 4) is 11.3 Å². The van der Waals surface area contributed by atoms with Gasteiger partial charge >= 0.3 is 0 Å². The van der Waals surface area contributed by atoms with E-state index in [-0.39, 0.29) is 24.3 Å². The van der Waals surface area contributed by atoms with Crippen molar-refractivity contribution < 1.29 is 9.18 Å². The zero-order valence-corrected chi connectivity index (χ0v) is 19.6. The summed E-state index contributed by atoms with van der Waals surface area (Å²) in [6.07, 6.45) is 7.61. The number of hydrogen-bond acceptors (Lipinski definition) is 4. The molecule has 1 unspecified atom stereocenters. The van der Waals surface area contributed by atoms with Crippen LogP contribution in [-0.2, 0) is 24.8 Å². The molecule has 7 nitrogen and oxygen atoms in total. The molecule has 1 amide bonds. The molecule has 1 N–H and O–H groups in total. The highest BCUT2D eigenvalue weighted by Gasteiger charge is 2.18. The predicted octanol–water partition coefficient (Wildman–Crippen LogP) is 3.70. The normalized spacial score (nSPS) is 12.0. The summed E-state index contributed by atoms with van der Waals surface area (Å²) in [6.45, 7) is 0.0784. The molecule has 4 aromatic rings. The van der Waals surface area contributed by atoms with E-state index in [9.17, 15) is 9.18 Å². The molecule has 4 rings (SSSR count). The van der Waals surface area contributed by atoms with Crippen LogP contribution in [0.4, 0.5) is 4.39 Å². The van der Waals surface area contributed by atoms with E-state index in [2.05, 4.69) is 43.1 Å². The van der Waals surface area contributed by atoms with Crippen LogP contribution < -0.4 is 5.32 Å². The van der Waals surface area contributed by atoms with Gasteiger partial charge in [-0.05, 0) is 35.9 Å². The van der Waals surface area contributed by atoms with Gasteiger partial charge < -0.3 is 5.32 Å². The molecule has 9 heteroatoms. The summed E-state index contributed by atoms with van der Waals surface area (Å²) >= 11 is 2.25. The van der Waals surface area contributed by atoms with Gasteiger partial charge in [0.05, 0.1) is 17.9 Å². The highest BCUT2D eigenvalue weighted by molar-refractivity contribution is 14.1. The van der Waals surface area contributed by atoms with Crippen molar-refractivity contribution in [2.75, 3.05) is 4.43 Å². The minimum Gasteiger partial charge on any atom is -0.347 e. The SMILES string of the molecule is Cn1cc(C(CI)NC(=O)Cn2nc(-c3ccncc3)cc2Cc2ccc(F)cc2)cn1. The van der Waals surface area contributed by atoms with Crippen molar-refractivity contribution in [2.24, 2.45) is 7.05 Å². The first-order chi connectivity index (χ1) is 15.5. The molecule has 0 saturated carbocycles. The van der Waals surface area contributed by atoms with E-state index in [4.69, 9.17) is 0 Å². The Balaban J connectivity index is 1.57. The van der Waals surface area contributed by atoms with Crippen molar-refractivity contribution >= 4 is 28.5 Å². The van der Waals surface area contributed by atoms with Crippen LogP contribution >= 0.6 is 22.6 Å². The Labute approximate surface area is 198 Å². The predicted molar refractivity (Wildman–Crippen MR) is 128 cm³/mol. The summed E-state index contributed by atoms with van der Waals surface area (Å²) in [6, 6.07) is 11.9. The number of hydrogen-bond donors (Lipinski definition) is 1. The third-order valence-electron chi connectivity index (χ3n) is 5.05. The van der Waals surface area contributed by atoms with E-state index in [0.29, 0.717) is 6.42 Å². The second kappa shape index (κ2) is 10.0. The van der Waals surface area contributed by atoms with Gasteiger partial charge in [0.2, 0.25) is 5.91 Å². The number of aromatic nitrogens is 5. The third-order valence-corrected chi connectivity index (χ3v) is 5.93. The van der Waals surface area contributed by atoms with E-state index < -0.39 is 0 Å². The van der Waals surface area contributed by atoms with Crippen molar-refractivity contribution in [2.45, 2.75) is 19.0 Å². The Morgan fingerprint density at radius 2 is 1.94 bits per heavy atom. The maximum absolute atomic E-state index is 13.3. The number of alkyl halides is 1. The number of nitrogens with zero attached hydrogens (tertiary/aromatic N) is 5. The van der Waals surface area contributed by atoms with E-state index >= 15 is 0 Å². The monoisotopic (exact) mass is 544 g/mol. The molecule has 3 heterocycles. The third kappa shape index (κ3) is 5.39. The fourth-order valence-corrected chi connectivity index (χ4v) is 4.15. The first-order valence-corrected chi connectivity index (χ1v) is 11.6. The van der Waals surface area contributed by atoms with Crippen LogP contribution in [0.15, 0.2) is 67.3 Å². The molecule has 3 aromatic heterocycles. The van der Waals surface area contributed by atoms with Crippen LogP contribution in [0.2, 0.25) is 0 Å². The van der Waals surface area contributed by atoms with Crippen LogP contribution in [-0.4, -0.2) is 34.9 Å². The van der Waals surface area contributed by atoms with E-state index in [1.54, 1.807) is 40.1 Å². The smallest absolute Gasteiger partial charge is 0.242 e. The lowest BCUT2D eigenvalue weighted by Gasteiger charge is -2.15. The standard InChI is InChI=1S/C23H22FIN6O/c1-30-14-18(13-27-30)22(12-25)28-23(32)15-31-20(10-16-2-4-19(24)5-3-16)11-21(29-31)17-6-8-26-9-7-17/h2-9,11,13-14,22H,10,12,15H2,1H3,(H,28,32). The number of aryl methyl sites for hydroxylation is 1. The number of pyridine rings is 1. The first-order valence-electron chi connectivity index (χ1n) is 10.1. The number of halogens is 2. The first kappa shape index (κ1) is 22.1. The van der Waals surface area contributed by atoms with Gasteiger partial charge in [-0.15, -0.1) is 0 Å². The Kier molecular flexibility index (Phi) is 6.93. The molecule has 0 radical (unpaired) electrons. The topological polar surface area (TPSA) is 77.6 Å². The molecule has 1 aromatic carbocycles. The highest BCUT2D eigenvalue weighted by atomic mass is 127. The maximum Gasteiger partial charge on any atom is 0.242 e. The van der Waals surface area contributed by atoms with E-state index in [0.717, 1.165) is 32.5 Å². The Bertz CT molecular complexity index is 1190. The van der Waals surface area contributed by atoms with Gasteiger partial charge in [-0.3, -0.25) is 19.1 Å². The fraction of sp³-hybridized carbons (Fsp3) is 0.217. The maximum atomic E-state index is 13.3. The number of rotatable bonds is 8. The van der Waals surface area contributed by atoms with Gasteiger partial charge in [-0.2, -0.15) is 10.2 Å². The Morgan fingerprint density at radius 1 is 1.19 bits per heavy atom. The van der Waals surface area contributed by atoms with Crippen molar-refractivity contribution in [1.82, 2.24) is 29.9 Å². The second-order valence-corrected chi connectivity index (χ2v) is 8.32. The zero-order valence-electron chi connectivity index (χ0n) is 17.4. The average molecular weight is 544 g/mol. The largest absolute Gasteiger partial charge is 0.347 e. The molecule has 0 saturated heterocycles. The number of amides is 1. The van der Waals surface area contributed by atoms with Gasteiger partial charge in [0.1, 0.15) is 12.4 Å². The average Bonchev–Trinajstić information content (AvgIpc) is 3.40. The van der Waals surface area contributed by atoms with Crippen LogP contribution in [0.3, 0.4) is 0 Å². The van der Waals surface area contributed by atoms with Gasteiger partial charge in [0, 0.05) is 53.3 Å². The Morgan fingerprint density at radius 3 is 2.59 bits per heavy atom. The lowest BCUT2D eigenvalue weighted by Crippen LogP contribution is -2.33. The van der Waals surface area contributed by atoms with Gasteiger partial charge in [0.25, 0.3) is 0 Å². The second-order valence-electron chi connectivity index (χ2n) is 7.44. The molecule has 32 heavy (non-hydrogen) atoms. The number of carbonyl (C=O) groups is 1. The summed E-state index contributed by atoms with van der Waals surface area (Å²) < 4.78 is 17.5. The van der Waals surface area contributed by atoms with Crippen molar-refractivity contribution in [1.29, 1.82) is 0 Å². The number of carbonyl (C=O) groups excluding carboxylic acids is 1. The van der Waals surface area contributed by atoms with Crippen LogP contribution in [0, 0.1) is 5.82 Å². The number of benzene rings is 1. The quantitative estimate of drug-likeness (QED) is 0.271. The summed E-state index contributed by atoms with van der Waals surface area (Å²) in [5.41, 5.74) is 4.44. The summed E-state index contributed by atoms with van der Waals surface area (Å²) in [4.78, 5) is 17.0. The van der Waals surface area contributed by atoms with Gasteiger partial charge in [0.15, 0.2) is 0 Å². The number of nitrogens with one attached hydrogen (secondary N) is 1. The fourth-order valence-electron chi connectivity index (χ4n) is 3.42. The molecule has 164 valence electrons. The molecule has 1 atom stereocenters. The molecule has 0 aliphatic heterocycles. The highest BCUT2D eigenvalue weighted by Crippen LogP contribution is 2.21. The minimum atomic E-state index is -0.278. The molecule has 0 aliphatic carbocycles. The molecule has 0 bridgehead atoms. The van der Waals surface area contributed by atoms with Crippen LogP contribution in [0.1, 0.15) is 22.9 Å². The summed E-state index contributed by atoms with van der Waals surface area (Å²) in [5, 5.41) is 11.9. The van der Waals surface area contributed by atoms with Crippen LogP contribution in [0.5, 0.6) is 0 Å². The van der Waals surface area contributed by atoms with Crippen molar-refractivity contribution in [3.63, 3.8) is 0 Å². The van der Waals surface area contributed by atoms with E-state index in [1.165, 1.54) is 12.1 Å². The van der Waals surface area contributed by atoms with Crippen molar-refractivity contribution in [3.05, 3.63) is 89.9 Å². The van der Waals surface area contributed by atoms with E-state index in [1.807, 2.05) is 31.4 Å². The molecular weight excluding hydrogens is 522 g/mol. The Hall–Kier alpha value is -3.08. The minimum absolute atomic E-state index is 0.0784. The molecule has 0 spiro atoms. The van der Waals surface area contributed by atoms with Crippen LogP contribution in [0.25, 0.3) is 11.3 Å². The summed E-state index contributed by atoms with van der Waals surface area (Å²) in [5.74, 6) is -0.417.